The molecular formula is C27H35N3O. The summed E-state index contributed by atoms with van der Waals surface area (Å²) in [5.74, 6) is 0.337. The molecule has 0 aliphatic carbocycles. The van der Waals surface area contributed by atoms with E-state index in [0.29, 0.717) is 18.8 Å². The van der Waals surface area contributed by atoms with Crippen molar-refractivity contribution in [2.45, 2.75) is 72.4 Å². The number of phenols is 1. The molecule has 0 spiro atoms. The normalized spacial score (nSPS) is 12.1. The highest BCUT2D eigenvalue weighted by molar-refractivity contribution is 5.65. The lowest BCUT2D eigenvalue weighted by Crippen LogP contribution is -2.26. The zero-order valence-electron chi connectivity index (χ0n) is 19.9. The van der Waals surface area contributed by atoms with Crippen molar-refractivity contribution >= 4 is 5.69 Å². The van der Waals surface area contributed by atoms with Gasteiger partial charge in [0.25, 0.3) is 0 Å². The van der Waals surface area contributed by atoms with Gasteiger partial charge in [-0.3, -0.25) is 9.97 Å². The molecular weight excluding hydrogens is 382 g/mol. The minimum atomic E-state index is -0.182. The third-order valence-corrected chi connectivity index (χ3v) is 5.48. The largest absolute Gasteiger partial charge is 0.505 e. The van der Waals surface area contributed by atoms with Crippen LogP contribution in [0.2, 0.25) is 0 Å². The van der Waals surface area contributed by atoms with Gasteiger partial charge in [0.2, 0.25) is 0 Å². The van der Waals surface area contributed by atoms with Gasteiger partial charge in [0, 0.05) is 17.5 Å². The highest BCUT2D eigenvalue weighted by Gasteiger charge is 2.27. The van der Waals surface area contributed by atoms with Crippen LogP contribution in [0.15, 0.2) is 54.7 Å². The van der Waals surface area contributed by atoms with Gasteiger partial charge in [0.05, 0.1) is 30.2 Å². The SMILES string of the molecule is Cc1cccc(CN(Cc2ccccn2)c2cc(C(C)(C)C)cc(C(C)(C)C)c2O)n1. The highest BCUT2D eigenvalue weighted by atomic mass is 16.3. The molecule has 0 saturated heterocycles. The average molecular weight is 418 g/mol. The smallest absolute Gasteiger partial charge is 0.142 e. The van der Waals surface area contributed by atoms with Gasteiger partial charge >= 0.3 is 0 Å². The second-order valence-corrected chi connectivity index (χ2v) is 10.3. The number of hydrogen-bond donors (Lipinski definition) is 1. The van der Waals surface area contributed by atoms with Gasteiger partial charge in [-0.2, -0.15) is 0 Å². The number of hydrogen-bond acceptors (Lipinski definition) is 4. The van der Waals surface area contributed by atoms with Crippen LogP contribution in [-0.4, -0.2) is 15.1 Å². The Bertz CT molecular complexity index is 1030. The molecule has 1 aromatic carbocycles. The van der Waals surface area contributed by atoms with E-state index in [4.69, 9.17) is 4.98 Å². The number of anilines is 1. The molecule has 1 N–H and O–H groups in total. The molecule has 3 rings (SSSR count). The van der Waals surface area contributed by atoms with E-state index in [0.717, 1.165) is 28.3 Å². The molecule has 4 nitrogen and oxygen atoms in total. The Morgan fingerprint density at radius 3 is 2.10 bits per heavy atom. The molecule has 0 fully saturated rings. The Hall–Kier alpha value is -2.88. The Labute approximate surface area is 187 Å². The molecule has 0 atom stereocenters. The number of aromatic hydroxyl groups is 1. The Morgan fingerprint density at radius 1 is 0.839 bits per heavy atom. The van der Waals surface area contributed by atoms with Crippen LogP contribution < -0.4 is 4.90 Å². The molecule has 31 heavy (non-hydrogen) atoms. The van der Waals surface area contributed by atoms with Gasteiger partial charge in [-0.25, -0.2) is 0 Å². The maximum absolute atomic E-state index is 11.4. The predicted molar refractivity (Wildman–Crippen MR) is 129 cm³/mol. The molecule has 0 unspecified atom stereocenters. The van der Waals surface area contributed by atoms with E-state index in [1.807, 2.05) is 49.5 Å². The monoisotopic (exact) mass is 417 g/mol. The van der Waals surface area contributed by atoms with Crippen LogP contribution in [0.25, 0.3) is 0 Å². The van der Waals surface area contributed by atoms with Gasteiger partial charge in [-0.15, -0.1) is 0 Å². The van der Waals surface area contributed by atoms with E-state index < -0.39 is 0 Å². The van der Waals surface area contributed by atoms with Crippen molar-refractivity contribution in [3.8, 4) is 5.75 Å². The number of benzene rings is 1. The number of rotatable bonds is 5. The van der Waals surface area contributed by atoms with Crippen LogP contribution in [0.1, 0.15) is 69.8 Å². The molecule has 0 amide bonds. The fraction of sp³-hybridized carbons (Fsp3) is 0.407. The lowest BCUT2D eigenvalue weighted by molar-refractivity contribution is 0.443. The Kier molecular flexibility index (Phi) is 6.40. The van der Waals surface area contributed by atoms with Gasteiger partial charge in [0.15, 0.2) is 0 Å². The molecule has 2 aromatic heterocycles. The van der Waals surface area contributed by atoms with Gasteiger partial charge in [0.1, 0.15) is 5.75 Å². The summed E-state index contributed by atoms with van der Waals surface area (Å²) in [6.45, 7) is 16.2. The Morgan fingerprint density at radius 2 is 1.52 bits per heavy atom. The second kappa shape index (κ2) is 8.70. The summed E-state index contributed by atoms with van der Waals surface area (Å²) in [6, 6.07) is 16.3. The molecule has 0 aliphatic heterocycles. The maximum atomic E-state index is 11.4. The fourth-order valence-corrected chi connectivity index (χ4v) is 3.66. The molecule has 2 heterocycles. The van der Waals surface area contributed by atoms with Crippen LogP contribution in [0.4, 0.5) is 5.69 Å². The average Bonchev–Trinajstić information content (AvgIpc) is 2.67. The van der Waals surface area contributed by atoms with Crippen molar-refractivity contribution in [2.24, 2.45) is 0 Å². The van der Waals surface area contributed by atoms with Gasteiger partial charge in [-0.05, 0) is 53.6 Å². The zero-order valence-corrected chi connectivity index (χ0v) is 19.9. The van der Waals surface area contributed by atoms with Gasteiger partial charge in [-0.1, -0.05) is 59.7 Å². The minimum Gasteiger partial charge on any atom is -0.505 e. The minimum absolute atomic E-state index is 0.0410. The first-order valence-electron chi connectivity index (χ1n) is 10.9. The number of aromatic nitrogens is 2. The molecule has 0 aliphatic rings. The summed E-state index contributed by atoms with van der Waals surface area (Å²) in [5, 5.41) is 11.4. The molecule has 3 aromatic rings. The standard InChI is InChI=1S/C27H35N3O/c1-19-11-10-13-22(29-19)18-30(17-21-12-8-9-14-28-21)24-16-20(26(2,3)4)15-23(25(24)31)27(5,6)7/h8-16,31H,17-18H2,1-7H3. The summed E-state index contributed by atoms with van der Waals surface area (Å²) in [4.78, 5) is 11.4. The van der Waals surface area contributed by atoms with Crippen LogP contribution >= 0.6 is 0 Å². The molecule has 164 valence electrons. The third kappa shape index (κ3) is 5.63. The van der Waals surface area contributed by atoms with Crippen molar-refractivity contribution in [1.29, 1.82) is 0 Å². The van der Waals surface area contributed by atoms with Crippen molar-refractivity contribution in [3.05, 3.63) is 82.9 Å². The summed E-state index contributed by atoms with van der Waals surface area (Å²) in [6.07, 6.45) is 1.81. The summed E-state index contributed by atoms with van der Waals surface area (Å²) in [7, 11) is 0. The number of aryl methyl sites for hydroxylation is 1. The fourth-order valence-electron chi connectivity index (χ4n) is 3.66. The van der Waals surface area contributed by atoms with Crippen LogP contribution in [-0.2, 0) is 23.9 Å². The lowest BCUT2D eigenvalue weighted by atomic mass is 9.79. The molecule has 4 heteroatoms. The maximum Gasteiger partial charge on any atom is 0.142 e. The lowest BCUT2D eigenvalue weighted by Gasteiger charge is -2.32. The van der Waals surface area contributed by atoms with Crippen LogP contribution in [0, 0.1) is 6.92 Å². The van der Waals surface area contributed by atoms with E-state index >= 15 is 0 Å². The highest BCUT2D eigenvalue weighted by Crippen LogP contribution is 2.42. The molecule has 0 bridgehead atoms. The number of phenolic OH excluding ortho intramolecular Hbond substituents is 1. The first kappa shape index (κ1) is 22.8. The van der Waals surface area contributed by atoms with E-state index in [1.54, 1.807) is 0 Å². The number of pyridine rings is 2. The Balaban J connectivity index is 2.16. The second-order valence-electron chi connectivity index (χ2n) is 10.3. The van der Waals surface area contributed by atoms with E-state index in [-0.39, 0.29) is 10.8 Å². The van der Waals surface area contributed by atoms with Crippen LogP contribution in [0.5, 0.6) is 5.75 Å². The quantitative estimate of drug-likeness (QED) is 0.530. The van der Waals surface area contributed by atoms with Crippen molar-refractivity contribution < 1.29 is 5.11 Å². The van der Waals surface area contributed by atoms with Crippen molar-refractivity contribution in [3.63, 3.8) is 0 Å². The van der Waals surface area contributed by atoms with Crippen molar-refractivity contribution in [2.75, 3.05) is 4.90 Å². The summed E-state index contributed by atoms with van der Waals surface area (Å²) < 4.78 is 0. The molecule has 0 radical (unpaired) electrons. The van der Waals surface area contributed by atoms with Crippen LogP contribution in [0.3, 0.4) is 0 Å². The van der Waals surface area contributed by atoms with E-state index in [9.17, 15) is 5.11 Å². The zero-order chi connectivity index (χ0) is 22.8. The third-order valence-electron chi connectivity index (χ3n) is 5.48. The first-order valence-corrected chi connectivity index (χ1v) is 10.9. The number of nitrogens with zero attached hydrogens (tertiary/aromatic N) is 3. The van der Waals surface area contributed by atoms with Crippen molar-refractivity contribution in [1.82, 2.24) is 9.97 Å². The van der Waals surface area contributed by atoms with E-state index in [2.05, 4.69) is 63.6 Å². The van der Waals surface area contributed by atoms with E-state index in [1.165, 1.54) is 5.56 Å². The summed E-state index contributed by atoms with van der Waals surface area (Å²) >= 11 is 0. The first-order chi connectivity index (χ1) is 14.4. The molecule has 0 saturated carbocycles. The predicted octanol–water partition coefficient (Wildman–Crippen LogP) is 6.29. The summed E-state index contributed by atoms with van der Waals surface area (Å²) in [5.41, 5.74) is 5.66. The topological polar surface area (TPSA) is 49.2 Å². The van der Waals surface area contributed by atoms with Gasteiger partial charge < -0.3 is 10.0 Å².